The van der Waals surface area contributed by atoms with Gasteiger partial charge in [0.05, 0.1) is 11.4 Å². The van der Waals surface area contributed by atoms with Crippen LogP contribution in [0.4, 0.5) is 0 Å². The summed E-state index contributed by atoms with van der Waals surface area (Å²) < 4.78 is 0. The molecule has 0 saturated carbocycles. The van der Waals surface area contributed by atoms with Crippen molar-refractivity contribution in [1.82, 2.24) is 24.8 Å². The van der Waals surface area contributed by atoms with E-state index >= 15 is 0 Å². The monoisotopic (exact) mass is 269 g/mol. The van der Waals surface area contributed by atoms with Crippen LogP contribution in [0.5, 0.6) is 0 Å². The van der Waals surface area contributed by atoms with Gasteiger partial charge in [0.1, 0.15) is 5.82 Å². The first-order chi connectivity index (χ1) is 9.81. The molecule has 0 spiro atoms. The van der Waals surface area contributed by atoms with Crippen LogP contribution in [0.1, 0.15) is 36.0 Å². The molecule has 0 N–H and O–H groups in total. The first-order valence-corrected chi connectivity index (χ1v) is 7.08. The number of hydrogen-bond acceptors (Lipinski definition) is 5. The standard InChI is InChI=1S/C15H19N5/c1-12-17-5-4-14(19-12)11-20-8-2-3-13(10-20)15-9-16-6-7-18-15/h4-7,9,13H,2-3,8,10-11H2,1H3/t13-/m0/s1. The Morgan fingerprint density at radius 3 is 3.00 bits per heavy atom. The second-order valence-corrected chi connectivity index (χ2v) is 5.30. The lowest BCUT2D eigenvalue weighted by Crippen LogP contribution is -2.34. The lowest BCUT2D eigenvalue weighted by Gasteiger charge is -2.32. The minimum absolute atomic E-state index is 0.486. The molecule has 1 aliphatic rings. The van der Waals surface area contributed by atoms with Crippen LogP contribution in [0.25, 0.3) is 0 Å². The molecule has 0 radical (unpaired) electrons. The van der Waals surface area contributed by atoms with Crippen LogP contribution in [0, 0.1) is 6.92 Å². The van der Waals surface area contributed by atoms with Crippen LogP contribution in [0.3, 0.4) is 0 Å². The summed E-state index contributed by atoms with van der Waals surface area (Å²) in [5, 5.41) is 0. The summed E-state index contributed by atoms with van der Waals surface area (Å²) in [5.74, 6) is 1.32. The fourth-order valence-corrected chi connectivity index (χ4v) is 2.78. The Hall–Kier alpha value is -1.88. The molecular formula is C15H19N5. The van der Waals surface area contributed by atoms with Crippen molar-refractivity contribution in [3.63, 3.8) is 0 Å². The Labute approximate surface area is 119 Å². The van der Waals surface area contributed by atoms with Gasteiger partial charge in [0, 0.05) is 43.8 Å². The van der Waals surface area contributed by atoms with Crippen molar-refractivity contribution in [3.05, 3.63) is 48.1 Å². The zero-order valence-corrected chi connectivity index (χ0v) is 11.7. The molecule has 3 heterocycles. The van der Waals surface area contributed by atoms with E-state index in [-0.39, 0.29) is 0 Å². The highest BCUT2D eigenvalue weighted by atomic mass is 15.1. The second kappa shape index (κ2) is 6.05. The fourth-order valence-electron chi connectivity index (χ4n) is 2.78. The van der Waals surface area contributed by atoms with E-state index in [1.54, 1.807) is 12.4 Å². The molecule has 5 heteroatoms. The normalized spacial score (nSPS) is 19.9. The molecule has 1 aliphatic heterocycles. The Morgan fingerprint density at radius 2 is 2.20 bits per heavy atom. The van der Waals surface area contributed by atoms with Crippen molar-refractivity contribution in [2.75, 3.05) is 13.1 Å². The van der Waals surface area contributed by atoms with Gasteiger partial charge in [-0.25, -0.2) is 9.97 Å². The number of aromatic nitrogens is 4. The molecule has 20 heavy (non-hydrogen) atoms. The summed E-state index contributed by atoms with van der Waals surface area (Å²) in [6, 6.07) is 2.00. The van der Waals surface area contributed by atoms with E-state index in [2.05, 4.69) is 24.8 Å². The van der Waals surface area contributed by atoms with Crippen LogP contribution in [0.15, 0.2) is 30.9 Å². The molecule has 0 amide bonds. The molecule has 2 aromatic rings. The highest BCUT2D eigenvalue weighted by molar-refractivity contribution is 5.07. The van der Waals surface area contributed by atoms with Crippen molar-refractivity contribution in [1.29, 1.82) is 0 Å². The van der Waals surface area contributed by atoms with Gasteiger partial charge in [-0.1, -0.05) is 0 Å². The lowest BCUT2D eigenvalue weighted by atomic mass is 9.95. The maximum absolute atomic E-state index is 4.48. The number of hydrogen-bond donors (Lipinski definition) is 0. The molecule has 2 aromatic heterocycles. The molecule has 0 aliphatic carbocycles. The third-order valence-corrected chi connectivity index (χ3v) is 3.73. The van der Waals surface area contributed by atoms with Gasteiger partial charge >= 0.3 is 0 Å². The quantitative estimate of drug-likeness (QED) is 0.852. The van der Waals surface area contributed by atoms with Gasteiger partial charge in [0.15, 0.2) is 0 Å². The predicted octanol–water partition coefficient (Wildman–Crippen LogP) is 1.95. The fraction of sp³-hybridized carbons (Fsp3) is 0.467. The number of nitrogens with zero attached hydrogens (tertiary/aromatic N) is 5. The van der Waals surface area contributed by atoms with Crippen LogP contribution < -0.4 is 0 Å². The van der Waals surface area contributed by atoms with Gasteiger partial charge in [-0.3, -0.25) is 14.9 Å². The Kier molecular flexibility index (Phi) is 3.97. The van der Waals surface area contributed by atoms with E-state index < -0.39 is 0 Å². The zero-order valence-electron chi connectivity index (χ0n) is 11.7. The van der Waals surface area contributed by atoms with E-state index in [9.17, 15) is 0 Å². The van der Waals surface area contributed by atoms with Crippen LogP contribution in [0.2, 0.25) is 0 Å². The first kappa shape index (κ1) is 13.1. The molecular weight excluding hydrogens is 250 g/mol. The third kappa shape index (κ3) is 3.17. The minimum atomic E-state index is 0.486. The van der Waals surface area contributed by atoms with Gasteiger partial charge in [0.2, 0.25) is 0 Å². The van der Waals surface area contributed by atoms with E-state index in [4.69, 9.17) is 0 Å². The van der Waals surface area contributed by atoms with Crippen LogP contribution >= 0.6 is 0 Å². The van der Waals surface area contributed by atoms with Gasteiger partial charge in [0.25, 0.3) is 0 Å². The van der Waals surface area contributed by atoms with E-state index in [0.29, 0.717) is 5.92 Å². The summed E-state index contributed by atoms with van der Waals surface area (Å²) in [4.78, 5) is 19.7. The third-order valence-electron chi connectivity index (χ3n) is 3.73. The van der Waals surface area contributed by atoms with Crippen molar-refractivity contribution < 1.29 is 0 Å². The highest BCUT2D eigenvalue weighted by Crippen LogP contribution is 2.25. The molecule has 0 bridgehead atoms. The minimum Gasteiger partial charge on any atom is -0.297 e. The molecule has 1 atom stereocenters. The number of piperidine rings is 1. The van der Waals surface area contributed by atoms with Crippen LogP contribution in [-0.2, 0) is 6.54 Å². The number of aryl methyl sites for hydroxylation is 1. The molecule has 1 saturated heterocycles. The topological polar surface area (TPSA) is 54.8 Å². The van der Waals surface area contributed by atoms with Crippen molar-refractivity contribution in [2.45, 2.75) is 32.2 Å². The zero-order chi connectivity index (χ0) is 13.8. The molecule has 0 unspecified atom stereocenters. The molecule has 3 rings (SSSR count). The van der Waals surface area contributed by atoms with Gasteiger partial charge in [-0.15, -0.1) is 0 Å². The smallest absolute Gasteiger partial charge is 0.125 e. The summed E-state index contributed by atoms with van der Waals surface area (Å²) >= 11 is 0. The Morgan fingerprint density at radius 1 is 1.25 bits per heavy atom. The summed E-state index contributed by atoms with van der Waals surface area (Å²) in [7, 11) is 0. The number of likely N-dealkylation sites (tertiary alicyclic amines) is 1. The second-order valence-electron chi connectivity index (χ2n) is 5.30. The average Bonchev–Trinajstić information content (AvgIpc) is 2.48. The van der Waals surface area contributed by atoms with Crippen molar-refractivity contribution >= 4 is 0 Å². The molecule has 104 valence electrons. The first-order valence-electron chi connectivity index (χ1n) is 7.08. The molecule has 0 aromatic carbocycles. The van der Waals surface area contributed by atoms with Crippen molar-refractivity contribution in [3.8, 4) is 0 Å². The Bertz CT molecular complexity index is 557. The summed E-state index contributed by atoms with van der Waals surface area (Å²) in [5.41, 5.74) is 2.20. The predicted molar refractivity (Wildman–Crippen MR) is 76.1 cm³/mol. The van der Waals surface area contributed by atoms with Gasteiger partial charge in [-0.05, 0) is 32.4 Å². The molecule has 1 fully saturated rings. The van der Waals surface area contributed by atoms with Gasteiger partial charge in [-0.2, -0.15) is 0 Å². The maximum Gasteiger partial charge on any atom is 0.125 e. The molecule has 5 nitrogen and oxygen atoms in total. The number of rotatable bonds is 3. The van der Waals surface area contributed by atoms with Gasteiger partial charge < -0.3 is 0 Å². The average molecular weight is 269 g/mol. The largest absolute Gasteiger partial charge is 0.297 e. The van der Waals surface area contributed by atoms with E-state index in [1.165, 1.54) is 12.8 Å². The van der Waals surface area contributed by atoms with E-state index in [1.807, 2.05) is 25.4 Å². The lowest BCUT2D eigenvalue weighted by molar-refractivity contribution is 0.196. The maximum atomic E-state index is 4.48. The van der Waals surface area contributed by atoms with Crippen LogP contribution in [-0.4, -0.2) is 37.9 Å². The summed E-state index contributed by atoms with van der Waals surface area (Å²) in [6.45, 7) is 4.98. The summed E-state index contributed by atoms with van der Waals surface area (Å²) in [6.07, 6.45) is 9.63. The van der Waals surface area contributed by atoms with E-state index in [0.717, 1.165) is 36.8 Å². The highest BCUT2D eigenvalue weighted by Gasteiger charge is 2.22. The van der Waals surface area contributed by atoms with Crippen molar-refractivity contribution in [2.24, 2.45) is 0 Å². The SMILES string of the molecule is Cc1nccc(CN2CCC[C@H](c3cnccn3)C2)n1. The Balaban J connectivity index is 1.66.